The molecule has 1 aliphatic rings. The molecule has 21 heavy (non-hydrogen) atoms. The van der Waals surface area contributed by atoms with Gasteiger partial charge in [-0.25, -0.2) is 9.79 Å². The third-order valence-corrected chi connectivity index (χ3v) is 3.18. The Balaban J connectivity index is 2.01. The van der Waals surface area contributed by atoms with E-state index in [1.807, 2.05) is 0 Å². The molecule has 0 spiro atoms. The van der Waals surface area contributed by atoms with Gasteiger partial charge in [-0.05, 0) is 23.9 Å². The van der Waals surface area contributed by atoms with E-state index in [-0.39, 0.29) is 21.8 Å². The molecule has 0 aromatic heterocycles. The molecule has 1 aromatic rings. The number of carboxylic acid groups (broad SMARTS) is 1. The van der Waals surface area contributed by atoms with Gasteiger partial charge in [-0.2, -0.15) is 0 Å². The Kier molecular flexibility index (Phi) is 4.57. The number of nitrogens with zero attached hydrogens (tertiary/aromatic N) is 2. The van der Waals surface area contributed by atoms with E-state index in [1.54, 1.807) is 30.3 Å². The van der Waals surface area contributed by atoms with Gasteiger partial charge < -0.3 is 10.3 Å². The molecule has 1 aliphatic heterocycles. The van der Waals surface area contributed by atoms with Crippen LogP contribution in [0.15, 0.2) is 52.3 Å². The van der Waals surface area contributed by atoms with Crippen molar-refractivity contribution < 1.29 is 19.9 Å². The second kappa shape index (κ2) is 6.57. The average Bonchev–Trinajstić information content (AvgIpc) is 2.87. The molecule has 0 bridgehead atoms. The van der Waals surface area contributed by atoms with Crippen molar-refractivity contribution in [2.75, 3.05) is 0 Å². The molecule has 1 heterocycles. The Morgan fingerprint density at radius 3 is 2.62 bits per heavy atom. The number of hydrazine groups is 1. The molecule has 2 rings (SSSR count). The number of benzene rings is 1. The normalized spacial score (nSPS) is 17.6. The highest BCUT2D eigenvalue weighted by Crippen LogP contribution is 2.23. The first-order valence-electron chi connectivity index (χ1n) is 5.65. The summed E-state index contributed by atoms with van der Waals surface area (Å²) in [6, 6.07) is 8.50. The number of aliphatic carboxylic acids is 1. The quantitative estimate of drug-likeness (QED) is 0.364. The first kappa shape index (κ1) is 14.6. The van der Waals surface area contributed by atoms with Crippen molar-refractivity contribution in [3.8, 4) is 0 Å². The molecule has 0 fully saturated rings. The van der Waals surface area contributed by atoms with Crippen molar-refractivity contribution >= 4 is 33.8 Å². The zero-order valence-corrected chi connectivity index (χ0v) is 11.3. The zero-order valence-electron chi connectivity index (χ0n) is 10.5. The Morgan fingerprint density at radius 1 is 1.29 bits per heavy atom. The second-order valence-electron chi connectivity index (χ2n) is 3.74. The number of nitrogens with one attached hydrogen (secondary N) is 2. The van der Waals surface area contributed by atoms with Gasteiger partial charge in [0, 0.05) is 5.56 Å². The van der Waals surface area contributed by atoms with Crippen LogP contribution in [0.1, 0.15) is 10.4 Å². The number of rotatable bonds is 2. The number of hydrogen-bond acceptors (Lipinski definition) is 7. The lowest BCUT2D eigenvalue weighted by molar-refractivity contribution is -0.131. The lowest BCUT2D eigenvalue weighted by Gasteiger charge is -2.06. The molecule has 1 aromatic carbocycles. The van der Waals surface area contributed by atoms with Gasteiger partial charge in [0.05, 0.1) is 6.08 Å². The molecule has 1 amide bonds. The van der Waals surface area contributed by atoms with E-state index in [1.165, 1.54) is 0 Å². The van der Waals surface area contributed by atoms with Crippen LogP contribution >= 0.6 is 11.8 Å². The lowest BCUT2D eigenvalue weighted by atomic mass is 10.2. The molecule has 0 radical (unpaired) electrons. The molecule has 108 valence electrons. The summed E-state index contributed by atoms with van der Waals surface area (Å²) in [5.74, 6) is -1.60. The molecule has 0 saturated heterocycles. The van der Waals surface area contributed by atoms with Crippen LogP contribution in [-0.2, 0) is 4.79 Å². The maximum atomic E-state index is 11.8. The first-order chi connectivity index (χ1) is 10.1. The van der Waals surface area contributed by atoms with E-state index in [0.717, 1.165) is 17.8 Å². The minimum Gasteiger partial charge on any atom is -0.478 e. The first-order valence-corrected chi connectivity index (χ1v) is 6.47. The van der Waals surface area contributed by atoms with E-state index in [2.05, 4.69) is 21.0 Å². The van der Waals surface area contributed by atoms with Crippen LogP contribution in [0.25, 0.3) is 0 Å². The standard InChI is InChI=1S/C12H10N4O4S/c17-9(18)6-8-11(16-20)21-12(13-8)15-14-10(19)7-4-2-1-3-5-7/h1-6,20H,(H,13,15)(H,14,19)(H,17,18)/b8-6+,16-11-. The van der Waals surface area contributed by atoms with Gasteiger partial charge in [0.25, 0.3) is 5.91 Å². The van der Waals surface area contributed by atoms with Crippen molar-refractivity contribution in [3.63, 3.8) is 0 Å². The summed E-state index contributed by atoms with van der Waals surface area (Å²) >= 11 is 0.890. The summed E-state index contributed by atoms with van der Waals surface area (Å²) in [4.78, 5) is 26.3. The fourth-order valence-electron chi connectivity index (χ4n) is 1.43. The number of hydrogen-bond donors (Lipinski definition) is 4. The van der Waals surface area contributed by atoms with Gasteiger partial charge in [-0.3, -0.25) is 15.6 Å². The van der Waals surface area contributed by atoms with E-state index >= 15 is 0 Å². The third-order valence-electron chi connectivity index (χ3n) is 2.30. The summed E-state index contributed by atoms with van der Waals surface area (Å²) in [5, 5.41) is 20.6. The topological polar surface area (TPSA) is 123 Å². The van der Waals surface area contributed by atoms with Crippen molar-refractivity contribution in [1.82, 2.24) is 10.9 Å². The van der Waals surface area contributed by atoms with Gasteiger partial charge in [-0.1, -0.05) is 23.4 Å². The summed E-state index contributed by atoms with van der Waals surface area (Å²) in [7, 11) is 0. The van der Waals surface area contributed by atoms with E-state index in [9.17, 15) is 9.59 Å². The summed E-state index contributed by atoms with van der Waals surface area (Å²) < 4.78 is 0. The molecule has 0 aliphatic carbocycles. The largest absolute Gasteiger partial charge is 0.478 e. The van der Waals surface area contributed by atoms with Crippen LogP contribution in [-0.4, -0.2) is 32.4 Å². The highest BCUT2D eigenvalue weighted by molar-refractivity contribution is 8.27. The van der Waals surface area contributed by atoms with Crippen molar-refractivity contribution in [1.29, 1.82) is 0 Å². The number of oxime groups is 1. The maximum absolute atomic E-state index is 11.8. The number of carboxylic acids is 1. The molecule has 0 atom stereocenters. The minimum absolute atomic E-state index is 0.00791. The molecule has 9 heteroatoms. The van der Waals surface area contributed by atoms with E-state index in [4.69, 9.17) is 10.3 Å². The number of carbonyl (C=O) groups excluding carboxylic acids is 1. The number of amidine groups is 1. The second-order valence-corrected chi connectivity index (χ2v) is 4.71. The summed E-state index contributed by atoms with van der Waals surface area (Å²) in [5.41, 5.74) is 5.38. The predicted octanol–water partition coefficient (Wildman–Crippen LogP) is 0.780. The number of thioether (sulfide) groups is 1. The Bertz CT molecular complexity index is 654. The van der Waals surface area contributed by atoms with Gasteiger partial charge in [-0.15, -0.1) is 0 Å². The van der Waals surface area contributed by atoms with Crippen LogP contribution in [0.3, 0.4) is 0 Å². The molecule has 8 nitrogen and oxygen atoms in total. The van der Waals surface area contributed by atoms with Crippen molar-refractivity contribution in [3.05, 3.63) is 47.7 Å². The van der Waals surface area contributed by atoms with Crippen molar-refractivity contribution in [2.24, 2.45) is 10.1 Å². The predicted molar refractivity (Wildman–Crippen MR) is 77.0 cm³/mol. The fraction of sp³-hybridized carbons (Fsp3) is 0. The summed E-state index contributed by atoms with van der Waals surface area (Å²) in [6.45, 7) is 0. The van der Waals surface area contributed by atoms with Crippen LogP contribution in [0.2, 0.25) is 0 Å². The molecule has 4 N–H and O–H groups in total. The monoisotopic (exact) mass is 306 g/mol. The highest BCUT2D eigenvalue weighted by atomic mass is 32.2. The Labute approximate surface area is 123 Å². The molecule has 0 unspecified atom stereocenters. The maximum Gasteiger partial charge on any atom is 0.330 e. The number of amides is 1. The van der Waals surface area contributed by atoms with Crippen LogP contribution in [0, 0.1) is 0 Å². The highest BCUT2D eigenvalue weighted by Gasteiger charge is 2.22. The summed E-state index contributed by atoms with van der Waals surface area (Å²) in [6.07, 6.45) is 0.801. The van der Waals surface area contributed by atoms with E-state index < -0.39 is 5.97 Å². The van der Waals surface area contributed by atoms with Crippen molar-refractivity contribution in [2.45, 2.75) is 0 Å². The number of aliphatic imine (C=N–C) groups is 1. The van der Waals surface area contributed by atoms with Gasteiger partial charge in [0.15, 0.2) is 10.2 Å². The average molecular weight is 306 g/mol. The van der Waals surface area contributed by atoms with Gasteiger partial charge in [0.1, 0.15) is 5.70 Å². The SMILES string of the molecule is O=C(O)/C=C1/N=C(NNC(=O)c2ccccc2)S/C1=N\O. The van der Waals surface area contributed by atoms with E-state index in [0.29, 0.717) is 5.56 Å². The molecular formula is C12H10N4O4S. The van der Waals surface area contributed by atoms with Crippen LogP contribution in [0.5, 0.6) is 0 Å². The zero-order chi connectivity index (χ0) is 15.2. The Morgan fingerprint density at radius 2 is 2.00 bits per heavy atom. The van der Waals surface area contributed by atoms with Crippen LogP contribution < -0.4 is 10.9 Å². The van der Waals surface area contributed by atoms with Crippen LogP contribution in [0.4, 0.5) is 0 Å². The smallest absolute Gasteiger partial charge is 0.330 e. The number of carbonyl (C=O) groups is 2. The Hall–Kier alpha value is -2.81. The van der Waals surface area contributed by atoms with Gasteiger partial charge in [0.2, 0.25) is 0 Å². The minimum atomic E-state index is -1.22. The fourth-order valence-corrected chi connectivity index (χ4v) is 2.11. The van der Waals surface area contributed by atoms with Gasteiger partial charge >= 0.3 is 5.97 Å². The third kappa shape index (κ3) is 3.83. The molecular weight excluding hydrogens is 296 g/mol. The molecule has 0 saturated carbocycles. The lowest BCUT2D eigenvalue weighted by Crippen LogP contribution is -2.39.